The second-order valence-corrected chi connectivity index (χ2v) is 5.40. The smallest absolute Gasteiger partial charge is 0.0802 e. The van der Waals surface area contributed by atoms with Gasteiger partial charge in [0, 0.05) is 0 Å². The van der Waals surface area contributed by atoms with Crippen LogP contribution in [0.25, 0.3) is 0 Å². The van der Waals surface area contributed by atoms with E-state index in [0.717, 1.165) is 18.8 Å². The van der Waals surface area contributed by atoms with E-state index in [1.165, 1.54) is 25.7 Å². The average Bonchev–Trinajstić information content (AvgIpc) is 2.28. The number of fused-ring (bicyclic) bond motifs is 1. The van der Waals surface area contributed by atoms with Crippen LogP contribution < -0.4 is 0 Å². The highest BCUT2D eigenvalue weighted by molar-refractivity contribution is 4.87. The molecule has 0 saturated heterocycles. The van der Waals surface area contributed by atoms with Crippen molar-refractivity contribution in [2.45, 2.75) is 57.7 Å². The Hall–Kier alpha value is -0.0800. The number of hydrogen-bond donors (Lipinski definition) is 2. The molecule has 2 aliphatic rings. The van der Waals surface area contributed by atoms with Crippen molar-refractivity contribution in [2.75, 3.05) is 0 Å². The molecule has 0 aliphatic heterocycles. The van der Waals surface area contributed by atoms with Gasteiger partial charge < -0.3 is 10.2 Å². The third kappa shape index (κ3) is 2.12. The Morgan fingerprint density at radius 2 is 1.50 bits per heavy atom. The second kappa shape index (κ2) is 4.19. The standard InChI is InChI=1S/C12H22O2/c1-8-3-2-4-9-6-11(13)12(14)7-10(9)5-8/h8-14H,2-7H2,1H3/t8-,9?,10?,11?,12?/m0/s1. The van der Waals surface area contributed by atoms with E-state index in [1.807, 2.05) is 0 Å². The first-order valence-corrected chi connectivity index (χ1v) is 6.03. The SMILES string of the molecule is C[C@H]1CCCC2CC(O)C(O)CC2C1. The van der Waals surface area contributed by atoms with Gasteiger partial charge in [0.25, 0.3) is 0 Å². The fourth-order valence-corrected chi connectivity index (χ4v) is 3.32. The van der Waals surface area contributed by atoms with E-state index in [9.17, 15) is 10.2 Å². The molecule has 0 aromatic carbocycles. The van der Waals surface area contributed by atoms with Gasteiger partial charge in [0.1, 0.15) is 0 Å². The van der Waals surface area contributed by atoms with E-state index in [1.54, 1.807) is 0 Å². The maximum absolute atomic E-state index is 9.64. The van der Waals surface area contributed by atoms with Crippen LogP contribution in [0.4, 0.5) is 0 Å². The number of hydrogen-bond acceptors (Lipinski definition) is 2. The summed E-state index contributed by atoms with van der Waals surface area (Å²) in [6, 6.07) is 0. The van der Waals surface area contributed by atoms with Crippen molar-refractivity contribution in [2.24, 2.45) is 17.8 Å². The van der Waals surface area contributed by atoms with Crippen molar-refractivity contribution in [1.82, 2.24) is 0 Å². The molecule has 0 spiro atoms. The summed E-state index contributed by atoms with van der Waals surface area (Å²) in [6.07, 6.45) is 5.91. The molecule has 4 unspecified atom stereocenters. The molecule has 0 amide bonds. The first kappa shape index (κ1) is 10.4. The number of aliphatic hydroxyl groups excluding tert-OH is 2. The Kier molecular flexibility index (Phi) is 3.13. The van der Waals surface area contributed by atoms with Gasteiger partial charge in [-0.2, -0.15) is 0 Å². The quantitative estimate of drug-likeness (QED) is 0.624. The lowest BCUT2D eigenvalue weighted by molar-refractivity contribution is -0.0501. The zero-order valence-electron chi connectivity index (χ0n) is 9.02. The van der Waals surface area contributed by atoms with Crippen LogP contribution in [0.1, 0.15) is 45.4 Å². The van der Waals surface area contributed by atoms with Crippen LogP contribution >= 0.6 is 0 Å². The third-order valence-corrected chi connectivity index (χ3v) is 4.18. The van der Waals surface area contributed by atoms with E-state index in [0.29, 0.717) is 11.8 Å². The molecule has 0 heterocycles. The van der Waals surface area contributed by atoms with Crippen molar-refractivity contribution in [1.29, 1.82) is 0 Å². The first-order valence-electron chi connectivity index (χ1n) is 6.03. The van der Waals surface area contributed by atoms with E-state index < -0.39 is 12.2 Å². The second-order valence-electron chi connectivity index (χ2n) is 5.40. The molecule has 2 rings (SSSR count). The van der Waals surface area contributed by atoms with Crippen molar-refractivity contribution in [3.05, 3.63) is 0 Å². The van der Waals surface area contributed by atoms with E-state index >= 15 is 0 Å². The van der Waals surface area contributed by atoms with Gasteiger partial charge in [-0.25, -0.2) is 0 Å². The van der Waals surface area contributed by atoms with Crippen LogP contribution in [0, 0.1) is 17.8 Å². The lowest BCUT2D eigenvalue weighted by Crippen LogP contribution is -2.38. The molecule has 0 bridgehead atoms. The lowest BCUT2D eigenvalue weighted by Gasteiger charge is -2.36. The van der Waals surface area contributed by atoms with Gasteiger partial charge in [-0.3, -0.25) is 0 Å². The summed E-state index contributed by atoms with van der Waals surface area (Å²) < 4.78 is 0. The van der Waals surface area contributed by atoms with Crippen molar-refractivity contribution in [3.8, 4) is 0 Å². The summed E-state index contributed by atoms with van der Waals surface area (Å²) in [6.45, 7) is 2.32. The largest absolute Gasteiger partial charge is 0.390 e. The monoisotopic (exact) mass is 198 g/mol. The Morgan fingerprint density at radius 3 is 2.21 bits per heavy atom. The topological polar surface area (TPSA) is 40.5 Å². The van der Waals surface area contributed by atoms with Crippen LogP contribution in [0.5, 0.6) is 0 Å². The highest BCUT2D eigenvalue weighted by Gasteiger charge is 2.36. The minimum atomic E-state index is -0.457. The highest BCUT2D eigenvalue weighted by atomic mass is 16.3. The molecule has 14 heavy (non-hydrogen) atoms. The normalized spacial score (nSPS) is 49.5. The summed E-state index contributed by atoms with van der Waals surface area (Å²) in [5.74, 6) is 2.16. The molecule has 2 aliphatic carbocycles. The van der Waals surface area contributed by atoms with Gasteiger partial charge in [0.2, 0.25) is 0 Å². The fraction of sp³-hybridized carbons (Fsp3) is 1.00. The van der Waals surface area contributed by atoms with Gasteiger partial charge in [0.05, 0.1) is 12.2 Å². The maximum Gasteiger partial charge on any atom is 0.0802 e. The molecule has 2 fully saturated rings. The summed E-state index contributed by atoms with van der Waals surface area (Å²) in [4.78, 5) is 0. The summed E-state index contributed by atoms with van der Waals surface area (Å²) in [7, 11) is 0. The molecule has 0 aromatic heterocycles. The molecule has 2 N–H and O–H groups in total. The van der Waals surface area contributed by atoms with Crippen LogP contribution in [0.15, 0.2) is 0 Å². The van der Waals surface area contributed by atoms with E-state index in [-0.39, 0.29) is 0 Å². The molecule has 2 heteroatoms. The van der Waals surface area contributed by atoms with Crippen LogP contribution in [0.3, 0.4) is 0 Å². The third-order valence-electron chi connectivity index (χ3n) is 4.18. The Morgan fingerprint density at radius 1 is 0.857 bits per heavy atom. The van der Waals surface area contributed by atoms with Gasteiger partial charge in [-0.15, -0.1) is 0 Å². The molecule has 82 valence electrons. The highest BCUT2D eigenvalue weighted by Crippen LogP contribution is 2.41. The molecule has 0 aromatic rings. The Bertz CT molecular complexity index is 193. The van der Waals surface area contributed by atoms with Crippen molar-refractivity contribution >= 4 is 0 Å². The van der Waals surface area contributed by atoms with Crippen molar-refractivity contribution < 1.29 is 10.2 Å². The van der Waals surface area contributed by atoms with Crippen molar-refractivity contribution in [3.63, 3.8) is 0 Å². The Labute approximate surface area is 86.3 Å². The van der Waals surface area contributed by atoms with Gasteiger partial charge in [-0.05, 0) is 37.0 Å². The van der Waals surface area contributed by atoms with E-state index in [2.05, 4.69) is 6.92 Å². The minimum absolute atomic E-state index is 0.454. The molecule has 5 atom stereocenters. The van der Waals surface area contributed by atoms with Gasteiger partial charge >= 0.3 is 0 Å². The predicted octanol–water partition coefficient (Wildman–Crippen LogP) is 1.94. The molecule has 2 nitrogen and oxygen atoms in total. The van der Waals surface area contributed by atoms with Gasteiger partial charge in [-0.1, -0.05) is 26.2 Å². The number of aliphatic hydroxyl groups is 2. The average molecular weight is 198 g/mol. The van der Waals surface area contributed by atoms with Crippen LogP contribution in [-0.4, -0.2) is 22.4 Å². The Balaban J connectivity index is 2.01. The summed E-state index contributed by atoms with van der Waals surface area (Å²) >= 11 is 0. The zero-order chi connectivity index (χ0) is 10.1. The first-order chi connectivity index (χ1) is 6.66. The molecular weight excluding hydrogens is 176 g/mol. The minimum Gasteiger partial charge on any atom is -0.390 e. The van der Waals surface area contributed by atoms with Crippen LogP contribution in [0.2, 0.25) is 0 Å². The fourth-order valence-electron chi connectivity index (χ4n) is 3.32. The predicted molar refractivity (Wildman–Crippen MR) is 55.9 cm³/mol. The molecular formula is C12H22O2. The summed E-state index contributed by atoms with van der Waals surface area (Å²) in [5.41, 5.74) is 0. The van der Waals surface area contributed by atoms with Crippen LogP contribution in [-0.2, 0) is 0 Å². The van der Waals surface area contributed by atoms with E-state index in [4.69, 9.17) is 0 Å². The lowest BCUT2D eigenvalue weighted by atomic mass is 9.73. The molecule has 2 saturated carbocycles. The zero-order valence-corrected chi connectivity index (χ0v) is 9.02. The summed E-state index contributed by atoms with van der Waals surface area (Å²) in [5, 5.41) is 19.3. The number of rotatable bonds is 0. The maximum atomic E-state index is 9.64. The van der Waals surface area contributed by atoms with Gasteiger partial charge in [0.15, 0.2) is 0 Å². The molecule has 0 radical (unpaired) electrons.